The molecule has 0 spiro atoms. The van der Waals surface area contributed by atoms with Crippen molar-refractivity contribution in [3.8, 4) is 17.2 Å². The van der Waals surface area contributed by atoms with Gasteiger partial charge in [-0.3, -0.25) is 0 Å². The Bertz CT molecular complexity index is 735. The van der Waals surface area contributed by atoms with Crippen LogP contribution in [0.25, 0.3) is 0 Å². The van der Waals surface area contributed by atoms with Crippen LogP contribution in [0.2, 0.25) is 0 Å². The fraction of sp³-hybridized carbons (Fsp3) is 0.100. The molecule has 0 bridgehead atoms. The van der Waals surface area contributed by atoms with Crippen molar-refractivity contribution in [3.05, 3.63) is 90.0 Å². The average molecular weight is 289 g/mol. The van der Waals surface area contributed by atoms with Crippen LogP contribution < -0.4 is 9.47 Å². The highest BCUT2D eigenvalue weighted by atomic mass is 16.5. The molecule has 0 aliphatic rings. The van der Waals surface area contributed by atoms with Crippen LogP contribution in [-0.4, -0.2) is 0 Å². The zero-order valence-electron chi connectivity index (χ0n) is 12.5. The first kappa shape index (κ1) is 14.2. The highest BCUT2D eigenvalue weighted by Gasteiger charge is 2.02. The number of hydrogen-bond donors (Lipinski definition) is 0. The lowest BCUT2D eigenvalue weighted by atomic mass is 10.2. The Labute approximate surface area is 131 Å². The summed E-state index contributed by atoms with van der Waals surface area (Å²) in [5.74, 6) is 2.39. The predicted molar refractivity (Wildman–Crippen MR) is 87.3 cm³/mol. The molecule has 0 heterocycles. The van der Waals surface area contributed by atoms with Crippen molar-refractivity contribution in [2.75, 3.05) is 0 Å². The molecule has 3 aromatic rings. The molecule has 0 amide bonds. The zero-order chi connectivity index (χ0) is 15.2. The van der Waals surface area contributed by atoms with Gasteiger partial charge in [0.2, 0.25) is 0 Å². The van der Waals surface area contributed by atoms with Gasteiger partial charge in [0, 0.05) is 6.07 Å². The van der Waals surface area contributed by atoms with E-state index >= 15 is 0 Å². The van der Waals surface area contributed by atoms with Gasteiger partial charge >= 0.3 is 0 Å². The summed E-state index contributed by atoms with van der Waals surface area (Å²) in [6.45, 7) is 2.55. The Morgan fingerprint density at radius 3 is 2.55 bits per heavy atom. The number of aryl methyl sites for hydroxylation is 1. The molecule has 0 fully saturated rings. The lowest BCUT2D eigenvalue weighted by Crippen LogP contribution is -1.95. The molecule has 0 aliphatic carbocycles. The van der Waals surface area contributed by atoms with Gasteiger partial charge in [-0.2, -0.15) is 0 Å². The summed E-state index contributed by atoms with van der Waals surface area (Å²) >= 11 is 0. The Morgan fingerprint density at radius 1 is 0.909 bits per heavy atom. The van der Waals surface area contributed by atoms with E-state index in [4.69, 9.17) is 9.47 Å². The van der Waals surface area contributed by atoms with E-state index in [-0.39, 0.29) is 0 Å². The normalized spacial score (nSPS) is 10.2. The van der Waals surface area contributed by atoms with Gasteiger partial charge < -0.3 is 9.47 Å². The second-order valence-corrected chi connectivity index (χ2v) is 5.04. The van der Waals surface area contributed by atoms with Gasteiger partial charge in [-0.1, -0.05) is 42.5 Å². The zero-order valence-corrected chi connectivity index (χ0v) is 12.5. The molecule has 109 valence electrons. The Hall–Kier alpha value is -2.74. The molecule has 0 saturated carbocycles. The van der Waals surface area contributed by atoms with Crippen molar-refractivity contribution < 1.29 is 9.47 Å². The van der Waals surface area contributed by atoms with Gasteiger partial charge in [0.05, 0.1) is 0 Å². The number of ether oxygens (including phenoxy) is 2. The van der Waals surface area contributed by atoms with Crippen LogP contribution in [0, 0.1) is 13.0 Å². The van der Waals surface area contributed by atoms with Crippen molar-refractivity contribution in [1.29, 1.82) is 0 Å². The molecule has 0 N–H and O–H groups in total. The minimum Gasteiger partial charge on any atom is -0.489 e. The van der Waals surface area contributed by atoms with E-state index in [9.17, 15) is 0 Å². The summed E-state index contributed by atoms with van der Waals surface area (Å²) in [4.78, 5) is 0. The third-order valence-electron chi connectivity index (χ3n) is 3.30. The van der Waals surface area contributed by atoms with Gasteiger partial charge in [0.1, 0.15) is 23.9 Å². The third-order valence-corrected chi connectivity index (χ3v) is 3.30. The number of rotatable bonds is 5. The molecule has 3 aromatic carbocycles. The first-order valence-corrected chi connectivity index (χ1v) is 7.22. The fourth-order valence-electron chi connectivity index (χ4n) is 2.11. The summed E-state index contributed by atoms with van der Waals surface area (Å²) in [5, 5.41) is 0. The van der Waals surface area contributed by atoms with Crippen LogP contribution in [0.1, 0.15) is 11.1 Å². The van der Waals surface area contributed by atoms with Crippen molar-refractivity contribution in [3.63, 3.8) is 0 Å². The quantitative estimate of drug-likeness (QED) is 0.645. The van der Waals surface area contributed by atoms with Crippen LogP contribution in [0.15, 0.2) is 72.8 Å². The van der Waals surface area contributed by atoms with E-state index in [2.05, 4.69) is 6.07 Å². The van der Waals surface area contributed by atoms with Crippen LogP contribution in [-0.2, 0) is 6.61 Å². The van der Waals surface area contributed by atoms with Crippen molar-refractivity contribution in [2.24, 2.45) is 0 Å². The molecule has 0 atom stereocenters. The van der Waals surface area contributed by atoms with Crippen LogP contribution >= 0.6 is 0 Å². The summed E-state index contributed by atoms with van der Waals surface area (Å²) in [6, 6.07) is 26.5. The molecular formula is C20H17O2. The van der Waals surface area contributed by atoms with E-state index < -0.39 is 0 Å². The van der Waals surface area contributed by atoms with Crippen LogP contribution in [0.3, 0.4) is 0 Å². The Morgan fingerprint density at radius 2 is 1.73 bits per heavy atom. The maximum atomic E-state index is 5.90. The van der Waals surface area contributed by atoms with Crippen LogP contribution in [0.4, 0.5) is 0 Å². The predicted octanol–water partition coefficient (Wildman–Crippen LogP) is 5.17. The summed E-state index contributed by atoms with van der Waals surface area (Å²) in [7, 11) is 0. The van der Waals surface area contributed by atoms with Gasteiger partial charge in [-0.25, -0.2) is 0 Å². The molecule has 0 saturated heterocycles. The van der Waals surface area contributed by atoms with Crippen molar-refractivity contribution in [1.82, 2.24) is 0 Å². The molecule has 22 heavy (non-hydrogen) atoms. The van der Waals surface area contributed by atoms with Gasteiger partial charge in [0.15, 0.2) is 0 Å². The molecule has 0 unspecified atom stereocenters. The van der Waals surface area contributed by atoms with Gasteiger partial charge in [0.25, 0.3) is 0 Å². The van der Waals surface area contributed by atoms with Crippen molar-refractivity contribution >= 4 is 0 Å². The maximum absolute atomic E-state index is 5.90. The topological polar surface area (TPSA) is 18.5 Å². The van der Waals surface area contributed by atoms with E-state index in [1.807, 2.05) is 79.7 Å². The molecular weight excluding hydrogens is 272 g/mol. The fourth-order valence-corrected chi connectivity index (χ4v) is 2.11. The molecule has 0 aromatic heterocycles. The van der Waals surface area contributed by atoms with E-state index in [0.29, 0.717) is 6.61 Å². The smallest absolute Gasteiger partial charge is 0.131 e. The Kier molecular flexibility index (Phi) is 4.40. The van der Waals surface area contributed by atoms with Gasteiger partial charge in [-0.15, -0.1) is 0 Å². The number of benzene rings is 3. The summed E-state index contributed by atoms with van der Waals surface area (Å²) < 4.78 is 11.7. The number of hydrogen-bond acceptors (Lipinski definition) is 2. The van der Waals surface area contributed by atoms with Crippen molar-refractivity contribution in [2.45, 2.75) is 13.5 Å². The minimum absolute atomic E-state index is 0.545. The second-order valence-electron chi connectivity index (χ2n) is 5.04. The first-order valence-electron chi connectivity index (χ1n) is 7.22. The van der Waals surface area contributed by atoms with E-state index in [1.165, 1.54) is 0 Å². The monoisotopic (exact) mass is 289 g/mol. The second kappa shape index (κ2) is 6.81. The van der Waals surface area contributed by atoms with E-state index in [0.717, 1.165) is 28.4 Å². The summed E-state index contributed by atoms with van der Waals surface area (Å²) in [5.41, 5.74) is 2.20. The molecule has 0 aliphatic heterocycles. The molecule has 2 heteroatoms. The average Bonchev–Trinajstić information content (AvgIpc) is 2.57. The SMILES string of the molecule is Cc1c[c]ccc1Oc1cccc(OCc2ccccc2)c1. The minimum atomic E-state index is 0.545. The standard InChI is InChI=1S/C20H17O2/c1-16-8-5-6-13-20(16)22-19-12-7-11-18(14-19)21-15-17-9-3-2-4-10-17/h2-4,6-14H,15H2,1H3. The molecule has 2 nitrogen and oxygen atoms in total. The largest absolute Gasteiger partial charge is 0.489 e. The third kappa shape index (κ3) is 3.67. The van der Waals surface area contributed by atoms with Gasteiger partial charge in [-0.05, 0) is 48.4 Å². The van der Waals surface area contributed by atoms with Crippen LogP contribution in [0.5, 0.6) is 17.2 Å². The van der Waals surface area contributed by atoms with E-state index in [1.54, 1.807) is 0 Å². The molecule has 1 radical (unpaired) electrons. The maximum Gasteiger partial charge on any atom is 0.131 e. The molecule has 3 rings (SSSR count). The lowest BCUT2D eigenvalue weighted by Gasteiger charge is -2.10. The first-order chi connectivity index (χ1) is 10.8. The highest BCUT2D eigenvalue weighted by Crippen LogP contribution is 2.27. The highest BCUT2D eigenvalue weighted by molar-refractivity contribution is 5.39. The summed E-state index contributed by atoms with van der Waals surface area (Å²) in [6.07, 6.45) is 0. The Balaban J connectivity index is 1.69. The lowest BCUT2D eigenvalue weighted by molar-refractivity contribution is 0.304.